The van der Waals surface area contributed by atoms with Crippen LogP contribution in [0.2, 0.25) is 0 Å². The molecule has 0 saturated heterocycles. The highest BCUT2D eigenvalue weighted by Crippen LogP contribution is 2.29. The predicted octanol–water partition coefficient (Wildman–Crippen LogP) is 8.01. The zero-order valence-electron chi connectivity index (χ0n) is 22.2. The van der Waals surface area contributed by atoms with Crippen LogP contribution in [0.3, 0.4) is 0 Å². The smallest absolute Gasteiger partial charge is 0.161 e. The van der Waals surface area contributed by atoms with Crippen molar-refractivity contribution in [1.82, 2.24) is 0 Å². The van der Waals surface area contributed by atoms with Gasteiger partial charge in [-0.2, -0.15) is 0 Å². The van der Waals surface area contributed by atoms with Gasteiger partial charge in [-0.1, -0.05) is 110 Å². The van der Waals surface area contributed by atoms with Crippen LogP contribution in [0.25, 0.3) is 0 Å². The third-order valence-corrected chi connectivity index (χ3v) is 6.25. The van der Waals surface area contributed by atoms with Crippen LogP contribution in [0.1, 0.15) is 122 Å². The first-order valence-corrected chi connectivity index (χ1v) is 14.0. The fourth-order valence-electron chi connectivity index (χ4n) is 4.11. The SMILES string of the molecule is CCCCCCCCCCOc1ccc(CC(N)CO)cc1OCCCCCCCCCC.Cl. The summed E-state index contributed by atoms with van der Waals surface area (Å²) in [5, 5.41) is 9.28. The quantitative estimate of drug-likeness (QED) is 0.150. The maximum absolute atomic E-state index is 9.28. The summed E-state index contributed by atoms with van der Waals surface area (Å²) in [6.45, 7) is 5.97. The molecule has 0 heterocycles. The molecule has 0 radical (unpaired) electrons. The summed E-state index contributed by atoms with van der Waals surface area (Å²) in [6, 6.07) is 5.85. The molecule has 0 aromatic heterocycles. The summed E-state index contributed by atoms with van der Waals surface area (Å²) < 4.78 is 12.2. The Balaban J connectivity index is 0.0000109. The van der Waals surface area contributed by atoms with Crippen LogP contribution in [0.5, 0.6) is 11.5 Å². The van der Waals surface area contributed by atoms with E-state index >= 15 is 0 Å². The van der Waals surface area contributed by atoms with E-state index < -0.39 is 0 Å². The van der Waals surface area contributed by atoms with E-state index in [1.807, 2.05) is 18.2 Å². The highest BCUT2D eigenvalue weighted by molar-refractivity contribution is 5.85. The van der Waals surface area contributed by atoms with E-state index in [1.54, 1.807) is 0 Å². The highest BCUT2D eigenvalue weighted by atomic mass is 35.5. The summed E-state index contributed by atoms with van der Waals surface area (Å²) in [7, 11) is 0. The second kappa shape index (κ2) is 23.8. The predicted molar refractivity (Wildman–Crippen MR) is 149 cm³/mol. The van der Waals surface area contributed by atoms with Gasteiger partial charge in [0, 0.05) is 6.04 Å². The van der Waals surface area contributed by atoms with Crippen molar-refractivity contribution < 1.29 is 14.6 Å². The molecule has 1 aromatic rings. The lowest BCUT2D eigenvalue weighted by atomic mass is 10.1. The molecule has 0 fully saturated rings. The molecule has 1 atom stereocenters. The number of aliphatic hydroxyl groups excluding tert-OH is 1. The first-order valence-electron chi connectivity index (χ1n) is 14.0. The van der Waals surface area contributed by atoms with Gasteiger partial charge in [0.1, 0.15) is 0 Å². The number of benzene rings is 1. The van der Waals surface area contributed by atoms with E-state index in [-0.39, 0.29) is 25.1 Å². The minimum atomic E-state index is -0.241. The average Bonchev–Trinajstić information content (AvgIpc) is 2.82. The monoisotopic (exact) mass is 499 g/mol. The van der Waals surface area contributed by atoms with Gasteiger partial charge in [-0.15, -0.1) is 12.4 Å². The first kappa shape index (κ1) is 33.0. The van der Waals surface area contributed by atoms with Gasteiger partial charge in [-0.05, 0) is 37.0 Å². The van der Waals surface area contributed by atoms with E-state index in [4.69, 9.17) is 15.2 Å². The molecule has 1 unspecified atom stereocenters. The van der Waals surface area contributed by atoms with Gasteiger partial charge in [0.25, 0.3) is 0 Å². The Kier molecular flexibility index (Phi) is 23.1. The number of hydrogen-bond donors (Lipinski definition) is 2. The topological polar surface area (TPSA) is 64.7 Å². The van der Waals surface area contributed by atoms with Crippen LogP contribution in [0, 0.1) is 0 Å². The number of aliphatic hydroxyl groups is 1. The van der Waals surface area contributed by atoms with Crippen LogP contribution >= 0.6 is 12.4 Å². The molecule has 0 aliphatic heterocycles. The number of unbranched alkanes of at least 4 members (excludes halogenated alkanes) is 14. The Bertz CT molecular complexity index is 570. The number of rotatable bonds is 23. The fourth-order valence-corrected chi connectivity index (χ4v) is 4.11. The van der Waals surface area contributed by atoms with Crippen molar-refractivity contribution in [1.29, 1.82) is 0 Å². The maximum Gasteiger partial charge on any atom is 0.161 e. The van der Waals surface area contributed by atoms with Crippen molar-refractivity contribution in [2.24, 2.45) is 5.73 Å². The molecule has 200 valence electrons. The van der Waals surface area contributed by atoms with E-state index in [9.17, 15) is 5.11 Å². The molecular weight excluding hydrogens is 446 g/mol. The highest BCUT2D eigenvalue weighted by Gasteiger charge is 2.10. The van der Waals surface area contributed by atoms with Gasteiger partial charge in [0.15, 0.2) is 11.5 Å². The lowest BCUT2D eigenvalue weighted by Crippen LogP contribution is -2.26. The van der Waals surface area contributed by atoms with Crippen molar-refractivity contribution in [3.05, 3.63) is 23.8 Å². The Morgan fingerprint density at radius 1 is 0.676 bits per heavy atom. The molecule has 34 heavy (non-hydrogen) atoms. The summed E-state index contributed by atoms with van der Waals surface area (Å²) in [5.74, 6) is 1.65. The number of hydrogen-bond acceptors (Lipinski definition) is 4. The van der Waals surface area contributed by atoms with Gasteiger partial charge < -0.3 is 20.3 Å². The Morgan fingerprint density at radius 2 is 1.12 bits per heavy atom. The third kappa shape index (κ3) is 17.5. The normalized spacial score (nSPS) is 11.8. The van der Waals surface area contributed by atoms with Gasteiger partial charge in [0.05, 0.1) is 19.8 Å². The van der Waals surface area contributed by atoms with Crippen LogP contribution in [0.4, 0.5) is 0 Å². The minimum absolute atomic E-state index is 0. The molecule has 0 bridgehead atoms. The van der Waals surface area contributed by atoms with Crippen molar-refractivity contribution in [2.45, 2.75) is 129 Å². The Labute approximate surface area is 216 Å². The summed E-state index contributed by atoms with van der Waals surface area (Å²) in [5.41, 5.74) is 7.02. The molecule has 1 aromatic carbocycles. The zero-order valence-corrected chi connectivity index (χ0v) is 23.0. The van der Waals surface area contributed by atoms with Crippen molar-refractivity contribution in [3.63, 3.8) is 0 Å². The number of nitrogens with two attached hydrogens (primary N) is 1. The van der Waals surface area contributed by atoms with E-state index in [2.05, 4.69) is 13.8 Å². The van der Waals surface area contributed by atoms with Crippen molar-refractivity contribution in [2.75, 3.05) is 19.8 Å². The molecule has 4 nitrogen and oxygen atoms in total. The Morgan fingerprint density at radius 3 is 1.59 bits per heavy atom. The fraction of sp³-hybridized carbons (Fsp3) is 0.793. The van der Waals surface area contributed by atoms with Gasteiger partial charge in [0.2, 0.25) is 0 Å². The van der Waals surface area contributed by atoms with Crippen LogP contribution in [0.15, 0.2) is 18.2 Å². The Hall–Kier alpha value is -0.970. The van der Waals surface area contributed by atoms with Gasteiger partial charge >= 0.3 is 0 Å². The molecule has 0 aliphatic rings. The maximum atomic E-state index is 9.28. The summed E-state index contributed by atoms with van der Waals surface area (Å²) >= 11 is 0. The lowest BCUT2D eigenvalue weighted by molar-refractivity contribution is 0.256. The van der Waals surface area contributed by atoms with E-state index in [0.29, 0.717) is 6.42 Å². The third-order valence-electron chi connectivity index (χ3n) is 6.25. The molecule has 0 amide bonds. The van der Waals surface area contributed by atoms with E-state index in [1.165, 1.54) is 89.9 Å². The lowest BCUT2D eigenvalue weighted by Gasteiger charge is -2.15. The minimum Gasteiger partial charge on any atom is -0.490 e. The molecule has 5 heteroatoms. The summed E-state index contributed by atoms with van der Waals surface area (Å²) in [6.07, 6.45) is 21.3. The molecule has 3 N–H and O–H groups in total. The van der Waals surface area contributed by atoms with Crippen LogP contribution in [-0.2, 0) is 6.42 Å². The van der Waals surface area contributed by atoms with Crippen LogP contribution < -0.4 is 15.2 Å². The zero-order chi connectivity index (χ0) is 24.0. The number of halogens is 1. The molecule has 0 aliphatic carbocycles. The molecule has 1 rings (SSSR count). The molecular formula is C29H54ClNO3. The first-order chi connectivity index (χ1) is 16.2. The molecule has 0 saturated carbocycles. The van der Waals surface area contributed by atoms with Gasteiger partial charge in [-0.3, -0.25) is 0 Å². The average molecular weight is 500 g/mol. The van der Waals surface area contributed by atoms with E-state index in [0.717, 1.165) is 43.1 Å². The standard InChI is InChI=1S/C29H53NO3.ClH/c1-3-5-7-9-11-13-15-17-21-32-28-20-19-26(23-27(30)25-31)24-29(28)33-22-18-16-14-12-10-8-6-4-2;/h19-20,24,27,31H,3-18,21-23,25,30H2,1-2H3;1H. The van der Waals surface area contributed by atoms with Crippen molar-refractivity contribution >= 4 is 12.4 Å². The van der Waals surface area contributed by atoms with Crippen LogP contribution in [-0.4, -0.2) is 31.0 Å². The second-order valence-electron chi connectivity index (χ2n) is 9.57. The second-order valence-corrected chi connectivity index (χ2v) is 9.57. The number of ether oxygens (including phenoxy) is 2. The molecule has 0 spiro atoms. The van der Waals surface area contributed by atoms with Crippen molar-refractivity contribution in [3.8, 4) is 11.5 Å². The largest absolute Gasteiger partial charge is 0.490 e. The summed E-state index contributed by atoms with van der Waals surface area (Å²) in [4.78, 5) is 0. The van der Waals surface area contributed by atoms with Gasteiger partial charge in [-0.25, -0.2) is 0 Å².